The molecule has 1 saturated heterocycles. The maximum absolute atomic E-state index is 9.34. The largest absolute Gasteiger partial charge is 0.502 e. The van der Waals surface area contributed by atoms with E-state index in [1.165, 1.54) is 14.2 Å². The zero-order chi connectivity index (χ0) is 16.7. The number of aliphatic hydroxyl groups is 4. The summed E-state index contributed by atoms with van der Waals surface area (Å²) in [6, 6.07) is 5.08. The van der Waals surface area contributed by atoms with Crippen molar-refractivity contribution in [2.75, 3.05) is 20.8 Å². The molecule has 1 fully saturated rings. The van der Waals surface area contributed by atoms with Crippen molar-refractivity contribution in [2.24, 2.45) is 0 Å². The lowest BCUT2D eigenvalue weighted by Gasteiger charge is -2.33. The highest BCUT2D eigenvalue weighted by molar-refractivity contribution is 5.49. The fraction of sp³-hybridized carbons (Fsp3) is 0.500. The van der Waals surface area contributed by atoms with Gasteiger partial charge in [0, 0.05) is 0 Å². The molecule has 0 amide bonds. The van der Waals surface area contributed by atoms with Gasteiger partial charge in [-0.05, 0) is 12.1 Å². The van der Waals surface area contributed by atoms with Gasteiger partial charge in [-0.25, -0.2) is 0 Å². The summed E-state index contributed by atoms with van der Waals surface area (Å²) in [5.74, 6) is 0.881. The lowest BCUT2D eigenvalue weighted by molar-refractivity contribution is -0.169. The lowest BCUT2D eigenvalue weighted by atomic mass is 10.0. The third-order valence-corrected chi connectivity index (χ3v) is 3.06. The van der Waals surface area contributed by atoms with Crippen molar-refractivity contribution in [3.05, 3.63) is 24.8 Å². The van der Waals surface area contributed by atoms with Gasteiger partial charge in [-0.15, -0.1) is 0 Å². The van der Waals surface area contributed by atoms with Crippen molar-refractivity contribution in [3.8, 4) is 17.2 Å². The van der Waals surface area contributed by atoms with Crippen LogP contribution in [0.3, 0.4) is 0 Å². The van der Waals surface area contributed by atoms with Crippen LogP contribution in [-0.2, 0) is 4.74 Å². The van der Waals surface area contributed by atoms with E-state index in [1.807, 2.05) is 0 Å². The number of hydrogen-bond donors (Lipinski definition) is 5. The van der Waals surface area contributed by atoms with E-state index in [2.05, 4.69) is 4.74 Å². The molecule has 0 saturated carbocycles. The fourth-order valence-corrected chi connectivity index (χ4v) is 1.75. The Hall–Kier alpha value is -1.58. The fourth-order valence-electron chi connectivity index (χ4n) is 1.75. The van der Waals surface area contributed by atoms with E-state index >= 15 is 0 Å². The summed E-state index contributed by atoms with van der Waals surface area (Å²) < 4.78 is 14.4. The SMILES string of the molecule is COc1cccc(OC)c1O.OC[C@H]1O[CH][C@H](O)[C@@H](O)[C@@H]1O. The van der Waals surface area contributed by atoms with Crippen molar-refractivity contribution < 1.29 is 39.7 Å². The predicted octanol–water partition coefficient (Wildman–Crippen LogP) is -0.969. The highest BCUT2D eigenvalue weighted by Crippen LogP contribution is 2.34. The Labute approximate surface area is 128 Å². The first kappa shape index (κ1) is 18.5. The monoisotopic (exact) mass is 317 g/mol. The van der Waals surface area contributed by atoms with E-state index in [1.54, 1.807) is 18.2 Å². The number of ether oxygens (including phenoxy) is 3. The highest BCUT2D eigenvalue weighted by atomic mass is 16.5. The van der Waals surface area contributed by atoms with E-state index in [0.29, 0.717) is 11.5 Å². The van der Waals surface area contributed by atoms with Gasteiger partial charge in [0.1, 0.15) is 31.0 Å². The van der Waals surface area contributed by atoms with Gasteiger partial charge in [-0.2, -0.15) is 0 Å². The van der Waals surface area contributed by atoms with E-state index in [9.17, 15) is 5.11 Å². The van der Waals surface area contributed by atoms with Crippen LogP contribution in [-0.4, -0.2) is 70.8 Å². The van der Waals surface area contributed by atoms with Crippen LogP contribution in [0.1, 0.15) is 0 Å². The van der Waals surface area contributed by atoms with Gasteiger partial charge in [0.15, 0.2) is 11.5 Å². The third kappa shape index (κ3) is 4.46. The first-order valence-corrected chi connectivity index (χ1v) is 6.50. The molecule has 1 aromatic carbocycles. The molecule has 8 heteroatoms. The molecule has 0 spiro atoms. The summed E-state index contributed by atoms with van der Waals surface area (Å²) in [6.45, 7) is 0.611. The molecule has 0 aromatic heterocycles. The smallest absolute Gasteiger partial charge is 0.200 e. The number of phenolic OH excluding ortho intramolecular Hbond substituents is 1. The number of benzene rings is 1. The Morgan fingerprint density at radius 1 is 1.05 bits per heavy atom. The molecule has 125 valence electrons. The molecule has 0 bridgehead atoms. The lowest BCUT2D eigenvalue weighted by Crippen LogP contribution is -2.52. The van der Waals surface area contributed by atoms with Gasteiger partial charge in [-0.3, -0.25) is 0 Å². The number of para-hydroxylation sites is 1. The number of rotatable bonds is 3. The summed E-state index contributed by atoms with van der Waals surface area (Å²) >= 11 is 0. The molecule has 4 atom stereocenters. The summed E-state index contributed by atoms with van der Waals surface area (Å²) in [6.07, 6.45) is -4.54. The maximum Gasteiger partial charge on any atom is 0.200 e. The summed E-state index contributed by atoms with van der Waals surface area (Å²) in [7, 11) is 2.99. The number of methoxy groups -OCH3 is 2. The van der Waals surface area contributed by atoms with Crippen LogP contribution >= 0.6 is 0 Å². The van der Waals surface area contributed by atoms with Crippen molar-refractivity contribution in [1.29, 1.82) is 0 Å². The molecule has 2 rings (SSSR count). The molecule has 1 radical (unpaired) electrons. The molecule has 1 aliphatic rings. The Morgan fingerprint density at radius 3 is 2.05 bits per heavy atom. The minimum atomic E-state index is -1.28. The number of aromatic hydroxyl groups is 1. The van der Waals surface area contributed by atoms with Crippen LogP contribution < -0.4 is 9.47 Å². The second-order valence-corrected chi connectivity index (χ2v) is 4.48. The quantitative estimate of drug-likeness (QED) is 0.482. The van der Waals surface area contributed by atoms with Crippen molar-refractivity contribution in [2.45, 2.75) is 24.4 Å². The zero-order valence-corrected chi connectivity index (χ0v) is 12.3. The summed E-state index contributed by atoms with van der Waals surface area (Å²) in [5.41, 5.74) is 0. The van der Waals surface area contributed by atoms with Crippen LogP contribution in [0.5, 0.6) is 17.2 Å². The highest BCUT2D eigenvalue weighted by Gasteiger charge is 2.37. The molecule has 0 unspecified atom stereocenters. The van der Waals surface area contributed by atoms with Crippen molar-refractivity contribution in [1.82, 2.24) is 0 Å². The van der Waals surface area contributed by atoms with E-state index in [-0.39, 0.29) is 12.4 Å². The molecule has 1 aromatic rings. The van der Waals surface area contributed by atoms with Gasteiger partial charge in [0.2, 0.25) is 5.75 Å². The molecular weight excluding hydrogens is 296 g/mol. The average Bonchev–Trinajstić information content (AvgIpc) is 2.54. The second-order valence-electron chi connectivity index (χ2n) is 4.48. The van der Waals surface area contributed by atoms with E-state index in [0.717, 1.165) is 6.61 Å². The van der Waals surface area contributed by atoms with Gasteiger partial charge >= 0.3 is 0 Å². The van der Waals surface area contributed by atoms with Crippen LogP contribution in [0.4, 0.5) is 0 Å². The molecule has 8 nitrogen and oxygen atoms in total. The zero-order valence-electron chi connectivity index (χ0n) is 12.3. The average molecular weight is 317 g/mol. The molecule has 1 aliphatic heterocycles. The molecular formula is C14H21O8. The van der Waals surface area contributed by atoms with Gasteiger partial charge in [0.25, 0.3) is 0 Å². The Bertz CT molecular complexity index is 428. The van der Waals surface area contributed by atoms with E-state index in [4.69, 9.17) is 29.9 Å². The summed E-state index contributed by atoms with van der Waals surface area (Å²) in [4.78, 5) is 0. The summed E-state index contributed by atoms with van der Waals surface area (Å²) in [5, 5.41) is 44.9. The van der Waals surface area contributed by atoms with Crippen LogP contribution in [0.15, 0.2) is 18.2 Å². The van der Waals surface area contributed by atoms with Crippen molar-refractivity contribution in [3.63, 3.8) is 0 Å². The normalized spacial score (nSPS) is 27.5. The van der Waals surface area contributed by atoms with Crippen LogP contribution in [0.25, 0.3) is 0 Å². The second kappa shape index (κ2) is 8.76. The van der Waals surface area contributed by atoms with Crippen molar-refractivity contribution >= 4 is 0 Å². The van der Waals surface area contributed by atoms with Gasteiger partial charge in [0.05, 0.1) is 20.8 Å². The molecule has 5 N–H and O–H groups in total. The van der Waals surface area contributed by atoms with Gasteiger partial charge in [-0.1, -0.05) is 6.07 Å². The molecule has 22 heavy (non-hydrogen) atoms. The Kier molecular flexibility index (Phi) is 7.36. The number of phenols is 1. The Morgan fingerprint density at radius 2 is 1.59 bits per heavy atom. The first-order chi connectivity index (χ1) is 10.5. The minimum Gasteiger partial charge on any atom is -0.502 e. The number of hydrogen-bond acceptors (Lipinski definition) is 8. The maximum atomic E-state index is 9.34. The topological polar surface area (TPSA) is 129 Å². The standard InChI is InChI=1S/C8H10O3.C6H11O5/c1-10-6-4-3-5-7(11-2)8(6)9;7-1-4-6(10)5(9)3(8)2-11-4/h3-5,9H,1-2H3;2-10H,1H2/t;3-,4+,5+,6+/m.0/s1. The predicted molar refractivity (Wildman–Crippen MR) is 75.5 cm³/mol. The minimum absolute atomic E-state index is 0.0394. The third-order valence-electron chi connectivity index (χ3n) is 3.06. The molecule has 0 aliphatic carbocycles. The number of aliphatic hydroxyl groups excluding tert-OH is 4. The first-order valence-electron chi connectivity index (χ1n) is 6.50. The van der Waals surface area contributed by atoms with Gasteiger partial charge < -0.3 is 39.7 Å². The van der Waals surface area contributed by atoms with E-state index < -0.39 is 24.4 Å². The van der Waals surface area contributed by atoms with Crippen LogP contribution in [0.2, 0.25) is 0 Å². The Balaban J connectivity index is 0.000000220. The molecule has 1 heterocycles. The van der Waals surface area contributed by atoms with Crippen LogP contribution in [0, 0.1) is 6.61 Å².